The highest BCUT2D eigenvalue weighted by Gasteiger charge is 2.23. The minimum absolute atomic E-state index is 0.0379. The Balaban J connectivity index is 1.31. The van der Waals surface area contributed by atoms with Crippen molar-refractivity contribution < 1.29 is 9.59 Å². The molecule has 0 spiro atoms. The number of carbonyl (C=O) groups is 2. The minimum atomic E-state index is -0.491. The third-order valence-corrected chi connectivity index (χ3v) is 7.24. The van der Waals surface area contributed by atoms with Gasteiger partial charge in [0.15, 0.2) is 17.2 Å². The van der Waals surface area contributed by atoms with Crippen molar-refractivity contribution in [2.45, 2.75) is 47.0 Å². The van der Waals surface area contributed by atoms with Crippen molar-refractivity contribution in [1.82, 2.24) is 14.6 Å². The van der Waals surface area contributed by atoms with Crippen LogP contribution < -0.4 is 10.6 Å². The van der Waals surface area contributed by atoms with Crippen molar-refractivity contribution >= 4 is 40.6 Å². The summed E-state index contributed by atoms with van der Waals surface area (Å²) in [5, 5.41) is 11.0. The third-order valence-electron chi connectivity index (χ3n) is 7.24. The number of hydrogen-bond acceptors (Lipinski definition) is 5. The van der Waals surface area contributed by atoms with E-state index in [1.54, 1.807) is 10.6 Å². The molecule has 7 heteroatoms. The van der Waals surface area contributed by atoms with Gasteiger partial charge >= 0.3 is 0 Å². The van der Waals surface area contributed by atoms with Gasteiger partial charge in [0.1, 0.15) is 0 Å². The summed E-state index contributed by atoms with van der Waals surface area (Å²) in [6.45, 7) is 11.8. The maximum Gasteiger partial charge on any atom is 0.229 e. The predicted octanol–water partition coefficient (Wildman–Crippen LogP) is 7.15. The third kappa shape index (κ3) is 6.04. The summed E-state index contributed by atoms with van der Waals surface area (Å²) in [4.78, 5) is 29.5. The predicted molar refractivity (Wildman–Crippen MR) is 162 cm³/mol. The molecule has 1 amide bonds. The molecule has 4 aromatic rings. The van der Waals surface area contributed by atoms with E-state index in [-0.39, 0.29) is 17.6 Å². The lowest BCUT2D eigenvalue weighted by molar-refractivity contribution is -0.123. The number of benzene rings is 2. The quantitative estimate of drug-likeness (QED) is 0.235. The Morgan fingerprint density at radius 3 is 2.58 bits per heavy atom. The van der Waals surface area contributed by atoms with E-state index in [9.17, 15) is 9.59 Å². The normalized spacial score (nSPS) is 13.8. The number of hydrogen-bond donors (Lipinski definition) is 2. The van der Waals surface area contributed by atoms with Crippen LogP contribution in [0.4, 0.5) is 11.5 Å². The van der Waals surface area contributed by atoms with E-state index in [0.29, 0.717) is 17.2 Å². The van der Waals surface area contributed by atoms with Crippen LogP contribution in [0, 0.1) is 18.3 Å². The van der Waals surface area contributed by atoms with Crippen molar-refractivity contribution in [3.05, 3.63) is 90.1 Å². The number of anilines is 2. The van der Waals surface area contributed by atoms with Gasteiger partial charge in [-0.1, -0.05) is 70.2 Å². The fourth-order valence-corrected chi connectivity index (χ4v) is 4.38. The fourth-order valence-electron chi connectivity index (χ4n) is 4.38. The number of imidazole rings is 1. The number of allylic oxidation sites excluding steroid dienone is 1. The zero-order valence-corrected chi connectivity index (χ0v) is 23.5. The Labute approximate surface area is 235 Å². The standard InChI is InChI=1S/C33H35N5O2/c1-21-12-14-26(19-27(21)36-32(40)33(3,4)5)28-20-38-31(35-28)17-16-30(37-38)34-22(2)25-11-6-8-23(18-25)13-15-29(39)24-9-7-10-24/h6,8,11-20,24H,2,7,9-10H2,1,3-5H3,(H,34,37)(H,36,40)/b15-13+. The van der Waals surface area contributed by atoms with Crippen molar-refractivity contribution in [2.75, 3.05) is 10.6 Å². The molecule has 5 rings (SSSR count). The summed E-state index contributed by atoms with van der Waals surface area (Å²) < 4.78 is 1.73. The highest BCUT2D eigenvalue weighted by Crippen LogP contribution is 2.29. The molecule has 1 aliphatic rings. The van der Waals surface area contributed by atoms with Gasteiger partial charge in [-0.3, -0.25) is 9.59 Å². The first-order valence-corrected chi connectivity index (χ1v) is 13.6. The van der Waals surface area contributed by atoms with Gasteiger partial charge in [-0.25, -0.2) is 9.50 Å². The molecule has 204 valence electrons. The molecule has 0 saturated heterocycles. The molecule has 1 aliphatic carbocycles. The molecule has 0 atom stereocenters. The molecule has 2 aromatic carbocycles. The van der Waals surface area contributed by atoms with Crippen LogP contribution in [0.5, 0.6) is 0 Å². The maximum atomic E-state index is 12.5. The molecule has 7 nitrogen and oxygen atoms in total. The van der Waals surface area contributed by atoms with Crippen LogP contribution in [0.2, 0.25) is 0 Å². The van der Waals surface area contributed by atoms with Gasteiger partial charge in [0.2, 0.25) is 5.91 Å². The van der Waals surface area contributed by atoms with Crippen LogP contribution in [-0.4, -0.2) is 26.3 Å². The second-order valence-corrected chi connectivity index (χ2v) is 11.5. The molecule has 0 unspecified atom stereocenters. The molecule has 2 aromatic heterocycles. The number of rotatable bonds is 8. The second kappa shape index (κ2) is 10.9. The van der Waals surface area contributed by atoms with Gasteiger partial charge in [-0.2, -0.15) is 0 Å². The number of amides is 1. The van der Waals surface area contributed by atoms with Crippen LogP contribution in [0.1, 0.15) is 56.7 Å². The van der Waals surface area contributed by atoms with Crippen molar-refractivity contribution in [3.63, 3.8) is 0 Å². The Morgan fingerprint density at radius 2 is 1.85 bits per heavy atom. The minimum Gasteiger partial charge on any atom is -0.339 e. The Bertz CT molecular complexity index is 1640. The summed E-state index contributed by atoms with van der Waals surface area (Å²) in [5.41, 5.74) is 6.17. The number of aromatic nitrogens is 3. The molecule has 2 heterocycles. The van der Waals surface area contributed by atoms with Gasteiger partial charge in [-0.15, -0.1) is 5.10 Å². The van der Waals surface area contributed by atoms with Crippen molar-refractivity contribution in [2.24, 2.45) is 11.3 Å². The Hall–Kier alpha value is -4.52. The largest absolute Gasteiger partial charge is 0.339 e. The first-order chi connectivity index (χ1) is 19.1. The van der Waals surface area contributed by atoms with Gasteiger partial charge in [0.25, 0.3) is 0 Å². The summed E-state index contributed by atoms with van der Waals surface area (Å²) >= 11 is 0. The molecular formula is C33H35N5O2. The Morgan fingerprint density at radius 1 is 1.05 bits per heavy atom. The molecule has 1 fully saturated rings. The summed E-state index contributed by atoms with van der Waals surface area (Å²) in [6.07, 6.45) is 8.59. The lowest BCUT2D eigenvalue weighted by Crippen LogP contribution is -2.27. The lowest BCUT2D eigenvalue weighted by Gasteiger charge is -2.21. The van der Waals surface area contributed by atoms with Gasteiger partial charge in [0.05, 0.1) is 11.9 Å². The smallest absolute Gasteiger partial charge is 0.229 e. The van der Waals surface area contributed by atoms with Gasteiger partial charge in [-0.05, 0) is 66.8 Å². The monoisotopic (exact) mass is 533 g/mol. The van der Waals surface area contributed by atoms with Crippen LogP contribution >= 0.6 is 0 Å². The number of nitrogens with zero attached hydrogens (tertiary/aromatic N) is 3. The van der Waals surface area contributed by atoms with Crippen LogP contribution in [0.3, 0.4) is 0 Å². The molecule has 40 heavy (non-hydrogen) atoms. The van der Waals surface area contributed by atoms with E-state index in [0.717, 1.165) is 52.9 Å². The first-order valence-electron chi connectivity index (χ1n) is 13.6. The van der Waals surface area contributed by atoms with Crippen molar-refractivity contribution in [1.29, 1.82) is 0 Å². The molecule has 0 radical (unpaired) electrons. The van der Waals surface area contributed by atoms with E-state index < -0.39 is 5.41 Å². The highest BCUT2D eigenvalue weighted by molar-refractivity contribution is 5.96. The summed E-state index contributed by atoms with van der Waals surface area (Å²) in [5.74, 6) is 0.999. The average molecular weight is 534 g/mol. The number of ketones is 1. The van der Waals surface area contributed by atoms with E-state index in [4.69, 9.17) is 4.98 Å². The van der Waals surface area contributed by atoms with E-state index >= 15 is 0 Å². The highest BCUT2D eigenvalue weighted by atomic mass is 16.2. The summed E-state index contributed by atoms with van der Waals surface area (Å²) in [7, 11) is 0. The maximum absolute atomic E-state index is 12.5. The number of carbonyl (C=O) groups excluding carboxylic acids is 2. The molecule has 2 N–H and O–H groups in total. The van der Waals surface area contributed by atoms with Gasteiger partial charge in [0, 0.05) is 28.3 Å². The van der Waals surface area contributed by atoms with Crippen LogP contribution in [0.25, 0.3) is 28.7 Å². The average Bonchev–Trinajstić information content (AvgIpc) is 3.31. The zero-order chi connectivity index (χ0) is 28.4. The molecule has 0 aliphatic heterocycles. The molecule has 1 saturated carbocycles. The van der Waals surface area contributed by atoms with Crippen molar-refractivity contribution in [3.8, 4) is 11.3 Å². The fraction of sp³-hybridized carbons (Fsp3) is 0.273. The first kappa shape index (κ1) is 27.1. The number of fused-ring (bicyclic) bond motifs is 1. The zero-order valence-electron chi connectivity index (χ0n) is 23.5. The summed E-state index contributed by atoms with van der Waals surface area (Å²) in [6, 6.07) is 17.6. The van der Waals surface area contributed by atoms with E-state index in [1.807, 2.05) is 94.6 Å². The lowest BCUT2D eigenvalue weighted by atomic mass is 9.82. The van der Waals surface area contributed by atoms with Gasteiger partial charge < -0.3 is 10.6 Å². The topological polar surface area (TPSA) is 88.4 Å². The molecular weight excluding hydrogens is 498 g/mol. The number of nitrogens with one attached hydrogen (secondary N) is 2. The number of aryl methyl sites for hydroxylation is 1. The van der Waals surface area contributed by atoms with Crippen LogP contribution in [-0.2, 0) is 9.59 Å². The second-order valence-electron chi connectivity index (χ2n) is 11.5. The van der Waals surface area contributed by atoms with Crippen LogP contribution in [0.15, 0.2) is 73.4 Å². The van der Waals surface area contributed by atoms with E-state index in [2.05, 4.69) is 22.3 Å². The SMILES string of the molecule is C=C(Nc1ccc2nc(-c3ccc(C)c(NC(=O)C(C)(C)C)c3)cn2n1)c1cccc(/C=C/C(=O)C2CCC2)c1. The molecule has 0 bridgehead atoms. The Kier molecular flexibility index (Phi) is 7.39. The van der Waals surface area contributed by atoms with E-state index in [1.165, 1.54) is 0 Å².